The third kappa shape index (κ3) is 2.83. The summed E-state index contributed by atoms with van der Waals surface area (Å²) in [5.41, 5.74) is 0. The molecule has 0 aliphatic carbocycles. The quantitative estimate of drug-likeness (QED) is 0.874. The van der Waals surface area contributed by atoms with E-state index in [1.807, 2.05) is 24.6 Å². The molecule has 1 amide bonds. The fourth-order valence-electron chi connectivity index (χ4n) is 2.07. The molecule has 0 aromatic carbocycles. The second-order valence-electron chi connectivity index (χ2n) is 4.32. The molecule has 0 bridgehead atoms. The number of nitrogens with zero attached hydrogens (tertiary/aromatic N) is 1. The Morgan fingerprint density at radius 3 is 3.19 bits per heavy atom. The number of hydrogen-bond donors (Lipinski definition) is 1. The van der Waals surface area contributed by atoms with Crippen LogP contribution in [0.2, 0.25) is 0 Å². The Labute approximate surface area is 100 Å². The normalized spacial score (nSPS) is 20.7. The van der Waals surface area contributed by atoms with Gasteiger partial charge in [0, 0.05) is 13.5 Å². The average molecular weight is 238 g/mol. The number of thiophene rings is 1. The van der Waals surface area contributed by atoms with Gasteiger partial charge in [0.05, 0.1) is 5.00 Å². The highest BCUT2D eigenvalue weighted by Gasteiger charge is 2.19. The van der Waals surface area contributed by atoms with Gasteiger partial charge >= 0.3 is 0 Å². The van der Waals surface area contributed by atoms with E-state index in [4.69, 9.17) is 0 Å². The van der Waals surface area contributed by atoms with Gasteiger partial charge in [-0.15, -0.1) is 11.3 Å². The van der Waals surface area contributed by atoms with Gasteiger partial charge in [0.25, 0.3) is 0 Å². The molecule has 1 fully saturated rings. The van der Waals surface area contributed by atoms with Crippen LogP contribution in [0.15, 0.2) is 17.5 Å². The zero-order chi connectivity index (χ0) is 11.4. The summed E-state index contributed by atoms with van der Waals surface area (Å²) < 4.78 is 0. The molecule has 1 aromatic heterocycles. The number of carbonyl (C=O) groups is 1. The lowest BCUT2D eigenvalue weighted by Crippen LogP contribution is -2.34. The highest BCUT2D eigenvalue weighted by molar-refractivity contribution is 7.14. The van der Waals surface area contributed by atoms with Crippen molar-refractivity contribution in [2.45, 2.75) is 19.3 Å². The van der Waals surface area contributed by atoms with Gasteiger partial charge in [0.15, 0.2) is 0 Å². The number of piperidine rings is 1. The maximum absolute atomic E-state index is 12.0. The second-order valence-corrected chi connectivity index (χ2v) is 5.25. The van der Waals surface area contributed by atoms with E-state index in [1.165, 1.54) is 12.8 Å². The molecule has 16 heavy (non-hydrogen) atoms. The smallest absolute Gasteiger partial charge is 0.227 e. The van der Waals surface area contributed by atoms with E-state index in [-0.39, 0.29) is 5.91 Å². The molecule has 0 radical (unpaired) electrons. The standard InChI is InChI=1S/C12H18N2OS/c1-14(12-5-3-7-16-12)11(15)8-10-4-2-6-13-9-10/h3,5,7,10,13H,2,4,6,8-9H2,1H3. The molecule has 88 valence electrons. The second kappa shape index (κ2) is 5.46. The molecule has 1 saturated heterocycles. The van der Waals surface area contributed by atoms with E-state index in [0.29, 0.717) is 12.3 Å². The van der Waals surface area contributed by atoms with Crippen LogP contribution >= 0.6 is 11.3 Å². The zero-order valence-corrected chi connectivity index (χ0v) is 10.4. The van der Waals surface area contributed by atoms with Crippen LogP contribution in [0.1, 0.15) is 19.3 Å². The Morgan fingerprint density at radius 2 is 2.56 bits per heavy atom. The van der Waals surface area contributed by atoms with Crippen molar-refractivity contribution in [2.24, 2.45) is 5.92 Å². The van der Waals surface area contributed by atoms with Crippen molar-refractivity contribution < 1.29 is 4.79 Å². The molecule has 3 nitrogen and oxygen atoms in total. The first-order valence-corrected chi connectivity index (χ1v) is 6.66. The predicted molar refractivity (Wildman–Crippen MR) is 67.9 cm³/mol. The first-order chi connectivity index (χ1) is 7.77. The van der Waals surface area contributed by atoms with Crippen LogP contribution in [0.3, 0.4) is 0 Å². The molecular formula is C12H18N2OS. The Bertz CT molecular complexity index is 331. The van der Waals surface area contributed by atoms with E-state index in [1.54, 1.807) is 16.2 Å². The van der Waals surface area contributed by atoms with Crippen molar-refractivity contribution in [1.29, 1.82) is 0 Å². The summed E-state index contributed by atoms with van der Waals surface area (Å²) in [6.45, 7) is 2.09. The monoisotopic (exact) mass is 238 g/mol. The molecule has 0 saturated carbocycles. The third-order valence-electron chi connectivity index (χ3n) is 3.07. The molecule has 1 atom stereocenters. The van der Waals surface area contributed by atoms with E-state index in [9.17, 15) is 4.79 Å². The summed E-state index contributed by atoms with van der Waals surface area (Å²) in [6.07, 6.45) is 3.04. The molecule has 4 heteroatoms. The lowest BCUT2D eigenvalue weighted by Gasteiger charge is -2.24. The molecule has 1 aliphatic rings. The Balaban J connectivity index is 1.87. The molecule has 1 aromatic rings. The average Bonchev–Trinajstić information content (AvgIpc) is 2.83. The van der Waals surface area contributed by atoms with Gasteiger partial charge in [0.1, 0.15) is 0 Å². The summed E-state index contributed by atoms with van der Waals surface area (Å²) in [7, 11) is 1.87. The van der Waals surface area contributed by atoms with E-state index in [0.717, 1.165) is 18.1 Å². The van der Waals surface area contributed by atoms with Crippen molar-refractivity contribution in [1.82, 2.24) is 5.32 Å². The fraction of sp³-hybridized carbons (Fsp3) is 0.583. The summed E-state index contributed by atoms with van der Waals surface area (Å²) in [5, 5.41) is 6.38. The molecule has 0 spiro atoms. The molecule has 2 heterocycles. The lowest BCUT2D eigenvalue weighted by molar-refractivity contribution is -0.119. The molecule has 1 aliphatic heterocycles. The molecular weight excluding hydrogens is 220 g/mol. The number of rotatable bonds is 3. The van der Waals surface area contributed by atoms with Crippen molar-refractivity contribution in [3.63, 3.8) is 0 Å². The SMILES string of the molecule is CN(C(=O)CC1CCCNC1)c1cccs1. The lowest BCUT2D eigenvalue weighted by atomic mass is 9.96. The fourth-order valence-corrected chi connectivity index (χ4v) is 2.78. The van der Waals surface area contributed by atoms with Crippen LogP contribution in [0.5, 0.6) is 0 Å². The maximum atomic E-state index is 12.0. The van der Waals surface area contributed by atoms with E-state index < -0.39 is 0 Å². The topological polar surface area (TPSA) is 32.3 Å². The van der Waals surface area contributed by atoms with Gasteiger partial charge in [-0.1, -0.05) is 0 Å². The van der Waals surface area contributed by atoms with Crippen LogP contribution in [-0.4, -0.2) is 26.0 Å². The van der Waals surface area contributed by atoms with Gasteiger partial charge in [0.2, 0.25) is 5.91 Å². The van der Waals surface area contributed by atoms with Crippen LogP contribution in [0.4, 0.5) is 5.00 Å². The zero-order valence-electron chi connectivity index (χ0n) is 9.61. The first kappa shape index (κ1) is 11.6. The predicted octanol–water partition coefficient (Wildman–Crippen LogP) is 2.10. The number of hydrogen-bond acceptors (Lipinski definition) is 3. The summed E-state index contributed by atoms with van der Waals surface area (Å²) >= 11 is 1.61. The number of amides is 1. The van der Waals surface area contributed by atoms with Gasteiger partial charge in [-0.25, -0.2) is 0 Å². The Hall–Kier alpha value is -0.870. The van der Waals surface area contributed by atoms with Gasteiger partial charge in [-0.05, 0) is 49.4 Å². The van der Waals surface area contributed by atoms with Crippen molar-refractivity contribution in [2.75, 3.05) is 25.0 Å². The summed E-state index contributed by atoms with van der Waals surface area (Å²) in [4.78, 5) is 13.8. The third-order valence-corrected chi connectivity index (χ3v) is 4.02. The van der Waals surface area contributed by atoms with E-state index in [2.05, 4.69) is 5.32 Å². The van der Waals surface area contributed by atoms with Crippen LogP contribution in [-0.2, 0) is 4.79 Å². The van der Waals surface area contributed by atoms with Crippen LogP contribution in [0, 0.1) is 5.92 Å². The minimum atomic E-state index is 0.233. The van der Waals surface area contributed by atoms with Gasteiger partial charge in [-0.3, -0.25) is 4.79 Å². The Morgan fingerprint density at radius 1 is 1.69 bits per heavy atom. The largest absolute Gasteiger partial charge is 0.316 e. The van der Waals surface area contributed by atoms with Crippen molar-refractivity contribution in [3.8, 4) is 0 Å². The van der Waals surface area contributed by atoms with Gasteiger partial charge < -0.3 is 10.2 Å². The molecule has 1 unspecified atom stereocenters. The van der Waals surface area contributed by atoms with Gasteiger partial charge in [-0.2, -0.15) is 0 Å². The number of anilines is 1. The minimum Gasteiger partial charge on any atom is -0.316 e. The van der Waals surface area contributed by atoms with Crippen LogP contribution < -0.4 is 10.2 Å². The number of carbonyl (C=O) groups excluding carboxylic acids is 1. The van der Waals surface area contributed by atoms with Crippen LogP contribution in [0.25, 0.3) is 0 Å². The van der Waals surface area contributed by atoms with E-state index >= 15 is 0 Å². The maximum Gasteiger partial charge on any atom is 0.227 e. The highest BCUT2D eigenvalue weighted by atomic mass is 32.1. The van der Waals surface area contributed by atoms with Crippen molar-refractivity contribution in [3.05, 3.63) is 17.5 Å². The minimum absolute atomic E-state index is 0.233. The molecule has 1 N–H and O–H groups in total. The highest BCUT2D eigenvalue weighted by Crippen LogP contribution is 2.22. The van der Waals surface area contributed by atoms with Crippen molar-refractivity contribution >= 4 is 22.2 Å². The summed E-state index contributed by atoms with van der Waals surface area (Å²) in [5.74, 6) is 0.750. The first-order valence-electron chi connectivity index (χ1n) is 5.78. The summed E-state index contributed by atoms with van der Waals surface area (Å²) in [6, 6.07) is 3.97. The number of nitrogens with one attached hydrogen (secondary N) is 1. The molecule has 2 rings (SSSR count). The Kier molecular flexibility index (Phi) is 3.96.